The van der Waals surface area contributed by atoms with Gasteiger partial charge in [0.2, 0.25) is 0 Å². The maximum atomic E-state index is 13.9. The molecule has 2 amide bonds. The topological polar surface area (TPSA) is 48.7 Å². The number of nitrogens with one attached hydrogen (secondary N) is 1. The number of halogens is 1. The highest BCUT2D eigenvalue weighted by Gasteiger charge is 2.26. The maximum Gasteiger partial charge on any atom is 0.317 e. The van der Waals surface area contributed by atoms with Gasteiger partial charge in [0.15, 0.2) is 0 Å². The third kappa shape index (κ3) is 4.60. The Morgan fingerprint density at radius 1 is 1.36 bits per heavy atom. The predicted molar refractivity (Wildman–Crippen MR) is 93.4 cm³/mol. The SMILES string of the molecule is CN(C(=O)NCc1ccco1)[C@H]1CCCN(Cc2ccccc2F)C1. The van der Waals surface area contributed by atoms with E-state index >= 15 is 0 Å². The fourth-order valence-corrected chi connectivity index (χ4v) is 3.22. The summed E-state index contributed by atoms with van der Waals surface area (Å²) >= 11 is 0. The minimum absolute atomic E-state index is 0.117. The molecule has 0 unspecified atom stereocenters. The van der Waals surface area contributed by atoms with E-state index in [-0.39, 0.29) is 17.9 Å². The smallest absolute Gasteiger partial charge is 0.317 e. The standard InChI is InChI=1S/C19H24FN3O2/c1-22(19(24)21-12-17-8-5-11-25-17)16-7-4-10-23(14-16)13-15-6-2-3-9-18(15)20/h2-3,5-6,8-9,11,16H,4,7,10,12-14H2,1H3,(H,21,24)/t16-/m0/s1. The van der Waals surface area contributed by atoms with Crippen LogP contribution < -0.4 is 5.32 Å². The molecule has 1 aromatic heterocycles. The van der Waals surface area contributed by atoms with Crippen LogP contribution in [0.5, 0.6) is 0 Å². The Bertz CT molecular complexity index is 690. The number of nitrogens with zero attached hydrogens (tertiary/aromatic N) is 2. The van der Waals surface area contributed by atoms with Crippen molar-refractivity contribution in [2.24, 2.45) is 0 Å². The number of urea groups is 1. The van der Waals surface area contributed by atoms with E-state index in [0.717, 1.165) is 31.7 Å². The summed E-state index contributed by atoms with van der Waals surface area (Å²) in [5.74, 6) is 0.556. The van der Waals surface area contributed by atoms with Gasteiger partial charge in [-0.05, 0) is 37.6 Å². The van der Waals surface area contributed by atoms with E-state index in [0.29, 0.717) is 18.7 Å². The number of rotatable bonds is 5. The number of hydrogen-bond donors (Lipinski definition) is 1. The van der Waals surface area contributed by atoms with Crippen molar-refractivity contribution in [2.75, 3.05) is 20.1 Å². The second-order valence-electron chi connectivity index (χ2n) is 6.47. The van der Waals surface area contributed by atoms with Gasteiger partial charge in [0.05, 0.1) is 12.8 Å². The molecule has 0 radical (unpaired) electrons. The summed E-state index contributed by atoms with van der Waals surface area (Å²) in [6, 6.07) is 10.5. The summed E-state index contributed by atoms with van der Waals surface area (Å²) in [5, 5.41) is 2.87. The number of likely N-dealkylation sites (tertiary alicyclic amines) is 1. The van der Waals surface area contributed by atoms with Crippen molar-refractivity contribution >= 4 is 6.03 Å². The fraction of sp³-hybridized carbons (Fsp3) is 0.421. The molecule has 0 spiro atoms. The zero-order valence-corrected chi connectivity index (χ0v) is 14.5. The number of hydrogen-bond acceptors (Lipinski definition) is 3. The Kier molecular flexibility index (Phi) is 5.71. The van der Waals surface area contributed by atoms with Crippen molar-refractivity contribution < 1.29 is 13.6 Å². The molecule has 134 valence electrons. The molecular weight excluding hydrogens is 321 g/mol. The first-order valence-electron chi connectivity index (χ1n) is 8.62. The van der Waals surface area contributed by atoms with Crippen LogP contribution in [0.15, 0.2) is 47.1 Å². The molecule has 1 aliphatic heterocycles. The average molecular weight is 345 g/mol. The highest BCUT2D eigenvalue weighted by Crippen LogP contribution is 2.18. The predicted octanol–water partition coefficient (Wildman–Crippen LogP) is 3.22. The molecule has 1 N–H and O–H groups in total. The van der Waals surface area contributed by atoms with Gasteiger partial charge >= 0.3 is 6.03 Å². The van der Waals surface area contributed by atoms with E-state index in [1.54, 1.807) is 23.3 Å². The summed E-state index contributed by atoms with van der Waals surface area (Å²) in [6.45, 7) is 2.62. The largest absolute Gasteiger partial charge is 0.467 e. The van der Waals surface area contributed by atoms with Crippen LogP contribution in [0.2, 0.25) is 0 Å². The summed E-state index contributed by atoms with van der Waals surface area (Å²) in [5.41, 5.74) is 0.702. The molecule has 3 rings (SSSR count). The lowest BCUT2D eigenvalue weighted by Gasteiger charge is -2.37. The molecule has 2 heterocycles. The number of carbonyl (C=O) groups excluding carboxylic acids is 1. The minimum atomic E-state index is -0.172. The fourth-order valence-electron chi connectivity index (χ4n) is 3.22. The van der Waals surface area contributed by atoms with Crippen molar-refractivity contribution in [1.29, 1.82) is 0 Å². The molecule has 25 heavy (non-hydrogen) atoms. The second kappa shape index (κ2) is 8.16. The molecule has 0 saturated carbocycles. The number of carbonyl (C=O) groups is 1. The summed E-state index contributed by atoms with van der Waals surface area (Å²) in [7, 11) is 1.81. The number of piperidine rings is 1. The zero-order chi connectivity index (χ0) is 17.6. The molecule has 2 aromatic rings. The first kappa shape index (κ1) is 17.5. The van der Waals surface area contributed by atoms with E-state index in [1.807, 2.05) is 25.2 Å². The third-order valence-electron chi connectivity index (χ3n) is 4.69. The second-order valence-corrected chi connectivity index (χ2v) is 6.47. The van der Waals surface area contributed by atoms with E-state index in [2.05, 4.69) is 10.2 Å². The molecule has 1 aliphatic rings. The molecule has 1 aromatic carbocycles. The lowest BCUT2D eigenvalue weighted by atomic mass is 10.0. The highest BCUT2D eigenvalue weighted by molar-refractivity contribution is 5.74. The Labute approximate surface area is 147 Å². The number of amides is 2. The first-order chi connectivity index (χ1) is 12.1. The van der Waals surface area contributed by atoms with Crippen molar-refractivity contribution in [3.8, 4) is 0 Å². The van der Waals surface area contributed by atoms with Crippen LogP contribution in [-0.4, -0.2) is 42.0 Å². The van der Waals surface area contributed by atoms with E-state index in [9.17, 15) is 9.18 Å². The van der Waals surface area contributed by atoms with Crippen LogP contribution >= 0.6 is 0 Å². The number of likely N-dealkylation sites (N-methyl/N-ethyl adjacent to an activating group) is 1. The molecule has 0 bridgehead atoms. The molecule has 0 aliphatic carbocycles. The van der Waals surface area contributed by atoms with Gasteiger partial charge in [-0.1, -0.05) is 18.2 Å². The van der Waals surface area contributed by atoms with Crippen LogP contribution in [0.3, 0.4) is 0 Å². The maximum absolute atomic E-state index is 13.9. The lowest BCUT2D eigenvalue weighted by Crippen LogP contribution is -2.51. The van der Waals surface area contributed by atoms with Gasteiger partial charge in [-0.3, -0.25) is 4.90 Å². The van der Waals surface area contributed by atoms with Gasteiger partial charge in [0, 0.05) is 31.7 Å². The third-order valence-corrected chi connectivity index (χ3v) is 4.69. The van der Waals surface area contributed by atoms with E-state index < -0.39 is 0 Å². The van der Waals surface area contributed by atoms with Gasteiger partial charge < -0.3 is 14.6 Å². The number of benzene rings is 1. The van der Waals surface area contributed by atoms with Crippen molar-refractivity contribution in [2.45, 2.75) is 32.0 Å². The minimum Gasteiger partial charge on any atom is -0.467 e. The zero-order valence-electron chi connectivity index (χ0n) is 14.5. The van der Waals surface area contributed by atoms with E-state index in [4.69, 9.17) is 4.42 Å². The number of furan rings is 1. The van der Waals surface area contributed by atoms with Crippen molar-refractivity contribution in [1.82, 2.24) is 15.1 Å². The molecule has 5 nitrogen and oxygen atoms in total. The normalized spacial score (nSPS) is 18.1. The highest BCUT2D eigenvalue weighted by atomic mass is 19.1. The van der Waals surface area contributed by atoms with E-state index in [1.165, 1.54) is 6.07 Å². The summed E-state index contributed by atoms with van der Waals surface area (Å²) < 4.78 is 19.1. The van der Waals surface area contributed by atoms with Gasteiger partial charge in [0.25, 0.3) is 0 Å². The van der Waals surface area contributed by atoms with Crippen molar-refractivity contribution in [3.63, 3.8) is 0 Å². The average Bonchev–Trinajstić information content (AvgIpc) is 3.15. The first-order valence-corrected chi connectivity index (χ1v) is 8.62. The van der Waals surface area contributed by atoms with Crippen LogP contribution in [0.4, 0.5) is 9.18 Å². The Morgan fingerprint density at radius 3 is 2.96 bits per heavy atom. The molecule has 6 heteroatoms. The van der Waals surface area contributed by atoms with Crippen molar-refractivity contribution in [3.05, 3.63) is 59.8 Å². The quantitative estimate of drug-likeness (QED) is 0.905. The van der Waals surface area contributed by atoms with Crippen LogP contribution in [0.25, 0.3) is 0 Å². The Morgan fingerprint density at radius 2 is 2.20 bits per heavy atom. The molecule has 1 fully saturated rings. The molecular formula is C19H24FN3O2. The van der Waals surface area contributed by atoms with Crippen LogP contribution in [0.1, 0.15) is 24.2 Å². The van der Waals surface area contributed by atoms with Crippen LogP contribution in [-0.2, 0) is 13.1 Å². The monoisotopic (exact) mass is 345 g/mol. The Hall–Kier alpha value is -2.34. The van der Waals surface area contributed by atoms with Gasteiger partial charge in [-0.15, -0.1) is 0 Å². The van der Waals surface area contributed by atoms with Gasteiger partial charge in [-0.2, -0.15) is 0 Å². The van der Waals surface area contributed by atoms with Crippen LogP contribution in [0, 0.1) is 5.82 Å². The summed E-state index contributed by atoms with van der Waals surface area (Å²) in [4.78, 5) is 16.3. The van der Waals surface area contributed by atoms with Gasteiger partial charge in [-0.25, -0.2) is 9.18 Å². The summed E-state index contributed by atoms with van der Waals surface area (Å²) in [6.07, 6.45) is 3.54. The molecule has 1 atom stereocenters. The Balaban J connectivity index is 1.53. The van der Waals surface area contributed by atoms with Gasteiger partial charge in [0.1, 0.15) is 11.6 Å². The molecule has 1 saturated heterocycles. The lowest BCUT2D eigenvalue weighted by molar-refractivity contribution is 0.120.